The van der Waals surface area contributed by atoms with Crippen molar-refractivity contribution in [3.63, 3.8) is 0 Å². The van der Waals surface area contributed by atoms with Crippen LogP contribution >= 0.6 is 11.8 Å². The number of hydrogen-bond acceptors (Lipinski definition) is 5. The number of benzene rings is 1. The van der Waals surface area contributed by atoms with Gasteiger partial charge in [0, 0.05) is 22.5 Å². The molecule has 0 aliphatic carbocycles. The van der Waals surface area contributed by atoms with Crippen LogP contribution in [0.25, 0.3) is 0 Å². The molecular formula is C13H18BNO4S. The summed E-state index contributed by atoms with van der Waals surface area (Å²) in [5.41, 5.74) is -0.159. The first kappa shape index (κ1) is 15.3. The number of thioether (sulfide) groups is 1. The first-order valence-electron chi connectivity index (χ1n) is 6.36. The van der Waals surface area contributed by atoms with Crippen LogP contribution in [0.2, 0.25) is 0 Å². The van der Waals surface area contributed by atoms with Gasteiger partial charge in [0.1, 0.15) is 0 Å². The molecule has 108 valence electrons. The molecule has 1 heterocycles. The van der Waals surface area contributed by atoms with Gasteiger partial charge in [0.2, 0.25) is 0 Å². The lowest BCUT2D eigenvalue weighted by Crippen LogP contribution is -2.41. The molecule has 0 unspecified atom stereocenters. The summed E-state index contributed by atoms with van der Waals surface area (Å²) < 4.78 is 11.9. The third kappa shape index (κ3) is 2.57. The zero-order chi connectivity index (χ0) is 15.1. The first-order valence-corrected chi connectivity index (χ1v) is 7.58. The molecule has 0 aromatic heterocycles. The molecule has 2 rings (SSSR count). The van der Waals surface area contributed by atoms with Crippen LogP contribution in [0, 0.1) is 10.1 Å². The van der Waals surface area contributed by atoms with Crippen LogP contribution in [0.5, 0.6) is 0 Å². The molecule has 0 saturated carbocycles. The van der Waals surface area contributed by atoms with E-state index >= 15 is 0 Å². The second-order valence-corrected chi connectivity index (χ2v) is 6.62. The number of rotatable bonds is 3. The fourth-order valence-electron chi connectivity index (χ4n) is 1.99. The van der Waals surface area contributed by atoms with E-state index in [0.717, 1.165) is 4.90 Å². The molecule has 1 saturated heterocycles. The predicted molar refractivity (Wildman–Crippen MR) is 80.6 cm³/mol. The third-order valence-corrected chi connectivity index (χ3v) is 4.74. The summed E-state index contributed by atoms with van der Waals surface area (Å²) in [5.74, 6) is 0. The second-order valence-electron chi connectivity index (χ2n) is 5.77. The van der Waals surface area contributed by atoms with E-state index in [1.54, 1.807) is 6.07 Å². The summed E-state index contributed by atoms with van der Waals surface area (Å²) in [6.07, 6.45) is 1.93. The van der Waals surface area contributed by atoms with Gasteiger partial charge in [-0.25, -0.2) is 0 Å². The molecule has 20 heavy (non-hydrogen) atoms. The van der Waals surface area contributed by atoms with Crippen LogP contribution in [0.15, 0.2) is 23.1 Å². The minimum atomic E-state index is -0.581. The Morgan fingerprint density at radius 3 is 2.20 bits per heavy atom. The molecule has 5 nitrogen and oxygen atoms in total. The van der Waals surface area contributed by atoms with Crippen molar-refractivity contribution in [2.45, 2.75) is 43.8 Å². The van der Waals surface area contributed by atoms with Gasteiger partial charge in [0.15, 0.2) is 0 Å². The highest BCUT2D eigenvalue weighted by Gasteiger charge is 2.52. The molecule has 0 atom stereocenters. The zero-order valence-corrected chi connectivity index (χ0v) is 13.1. The van der Waals surface area contributed by atoms with Gasteiger partial charge in [0.25, 0.3) is 5.69 Å². The van der Waals surface area contributed by atoms with E-state index in [1.165, 1.54) is 23.9 Å². The number of nitro groups is 1. The summed E-state index contributed by atoms with van der Waals surface area (Å²) in [4.78, 5) is 11.5. The largest absolute Gasteiger partial charge is 0.496 e. The van der Waals surface area contributed by atoms with Gasteiger partial charge >= 0.3 is 7.12 Å². The lowest BCUT2D eigenvalue weighted by atomic mass is 9.79. The zero-order valence-electron chi connectivity index (χ0n) is 12.3. The Balaban J connectivity index is 2.43. The van der Waals surface area contributed by atoms with E-state index in [1.807, 2.05) is 34.0 Å². The summed E-state index contributed by atoms with van der Waals surface area (Å²) in [7, 11) is -0.581. The third-order valence-electron chi connectivity index (χ3n) is 3.93. The Morgan fingerprint density at radius 2 is 1.75 bits per heavy atom. The van der Waals surface area contributed by atoms with Crippen molar-refractivity contribution in [3.05, 3.63) is 28.3 Å². The van der Waals surface area contributed by atoms with E-state index in [2.05, 4.69) is 0 Å². The van der Waals surface area contributed by atoms with Gasteiger partial charge in [-0.3, -0.25) is 10.1 Å². The standard InChI is InChI=1S/C13H18BNO4S/c1-12(2)13(3,4)19-14(18-12)10-8-9(15(16)17)6-7-11(10)20-5/h6-8H,1-5H3. The Kier molecular flexibility index (Phi) is 3.88. The summed E-state index contributed by atoms with van der Waals surface area (Å²) in [5, 5.41) is 10.9. The average molecular weight is 295 g/mol. The monoisotopic (exact) mass is 295 g/mol. The van der Waals surface area contributed by atoms with Crippen LogP contribution in [-0.2, 0) is 9.31 Å². The van der Waals surface area contributed by atoms with Crippen LogP contribution in [0.1, 0.15) is 27.7 Å². The first-order chi connectivity index (χ1) is 9.18. The van der Waals surface area contributed by atoms with Crippen LogP contribution in [0.4, 0.5) is 5.69 Å². The fraction of sp³-hybridized carbons (Fsp3) is 0.538. The summed E-state index contributed by atoms with van der Waals surface area (Å²) >= 11 is 1.52. The van der Waals surface area contributed by atoms with Crippen LogP contribution in [0.3, 0.4) is 0 Å². The number of hydrogen-bond donors (Lipinski definition) is 0. The van der Waals surface area contributed by atoms with Gasteiger partial charge < -0.3 is 9.31 Å². The lowest BCUT2D eigenvalue weighted by Gasteiger charge is -2.32. The average Bonchev–Trinajstić information content (AvgIpc) is 2.57. The number of nitrogens with zero attached hydrogens (tertiary/aromatic N) is 1. The molecule has 1 fully saturated rings. The van der Waals surface area contributed by atoms with E-state index in [-0.39, 0.29) is 5.69 Å². The molecule has 1 aliphatic heterocycles. The predicted octanol–water partition coefficient (Wildman–Crippen LogP) is 2.62. The minimum absolute atomic E-state index is 0.0486. The Hall–Kier alpha value is -1.05. The molecule has 0 bridgehead atoms. The van der Waals surface area contributed by atoms with Crippen molar-refractivity contribution in [1.82, 2.24) is 0 Å². The van der Waals surface area contributed by atoms with Gasteiger partial charge in [-0.05, 0) is 40.0 Å². The van der Waals surface area contributed by atoms with E-state index in [4.69, 9.17) is 9.31 Å². The molecule has 1 aromatic rings. The summed E-state index contributed by atoms with van der Waals surface area (Å²) in [6.45, 7) is 7.85. The topological polar surface area (TPSA) is 61.6 Å². The highest BCUT2D eigenvalue weighted by atomic mass is 32.2. The SMILES string of the molecule is CSc1ccc([N+](=O)[O-])cc1B1OC(C)(C)C(C)(C)O1. The molecule has 1 aliphatic rings. The fourth-order valence-corrected chi connectivity index (χ4v) is 2.58. The van der Waals surface area contributed by atoms with E-state index in [0.29, 0.717) is 5.46 Å². The summed E-state index contributed by atoms with van der Waals surface area (Å²) in [6, 6.07) is 4.78. The maximum atomic E-state index is 10.9. The van der Waals surface area contributed by atoms with Gasteiger partial charge in [-0.1, -0.05) is 0 Å². The Morgan fingerprint density at radius 1 is 1.20 bits per heavy atom. The molecule has 0 spiro atoms. The van der Waals surface area contributed by atoms with Crippen molar-refractivity contribution in [2.75, 3.05) is 6.26 Å². The number of nitro benzene ring substituents is 1. The maximum absolute atomic E-state index is 10.9. The highest BCUT2D eigenvalue weighted by Crippen LogP contribution is 2.37. The van der Waals surface area contributed by atoms with Crippen LogP contribution in [-0.4, -0.2) is 29.5 Å². The Labute approximate surface area is 123 Å². The van der Waals surface area contributed by atoms with Crippen LogP contribution < -0.4 is 5.46 Å². The Bertz CT molecular complexity index is 531. The van der Waals surface area contributed by atoms with E-state index < -0.39 is 23.2 Å². The quantitative estimate of drug-likeness (QED) is 0.371. The van der Waals surface area contributed by atoms with Gasteiger partial charge in [-0.2, -0.15) is 0 Å². The van der Waals surface area contributed by atoms with Gasteiger partial charge in [0.05, 0.1) is 16.1 Å². The number of non-ortho nitro benzene ring substituents is 1. The second kappa shape index (κ2) is 5.05. The maximum Gasteiger partial charge on any atom is 0.496 e. The normalized spacial score (nSPS) is 20.1. The molecule has 7 heteroatoms. The van der Waals surface area contributed by atoms with Gasteiger partial charge in [-0.15, -0.1) is 11.8 Å². The van der Waals surface area contributed by atoms with E-state index in [9.17, 15) is 10.1 Å². The smallest absolute Gasteiger partial charge is 0.399 e. The van der Waals surface area contributed by atoms with Crippen molar-refractivity contribution >= 4 is 30.0 Å². The van der Waals surface area contributed by atoms with Crippen molar-refractivity contribution in [2.24, 2.45) is 0 Å². The van der Waals surface area contributed by atoms with Crippen molar-refractivity contribution in [1.29, 1.82) is 0 Å². The molecular weight excluding hydrogens is 277 g/mol. The molecule has 0 radical (unpaired) electrons. The molecule has 0 amide bonds. The lowest BCUT2D eigenvalue weighted by molar-refractivity contribution is -0.384. The van der Waals surface area contributed by atoms with Crippen molar-refractivity contribution in [3.8, 4) is 0 Å². The minimum Gasteiger partial charge on any atom is -0.399 e. The highest BCUT2D eigenvalue weighted by molar-refractivity contribution is 7.98. The van der Waals surface area contributed by atoms with Crippen molar-refractivity contribution < 1.29 is 14.2 Å². The molecule has 0 N–H and O–H groups in total. The molecule has 1 aromatic carbocycles.